The molecule has 1 atom stereocenters. The van der Waals surface area contributed by atoms with E-state index in [4.69, 9.17) is 5.26 Å². The van der Waals surface area contributed by atoms with Crippen LogP contribution in [0.15, 0.2) is 66.7 Å². The van der Waals surface area contributed by atoms with E-state index in [-0.39, 0.29) is 12.5 Å². The molecule has 1 aliphatic heterocycles. The molecule has 4 rings (SSSR count). The number of nitriles is 1. The van der Waals surface area contributed by atoms with Gasteiger partial charge in [0.15, 0.2) is 0 Å². The minimum atomic E-state index is -1.12. The number of carbonyl (C=O) groups excluding carboxylic acids is 2. The number of nitrogens with zero attached hydrogens (tertiary/aromatic N) is 2. The fourth-order valence-electron chi connectivity index (χ4n) is 3.55. The summed E-state index contributed by atoms with van der Waals surface area (Å²) in [6.07, 6.45) is 0. The Kier molecular flexibility index (Phi) is 3.89. The first-order valence-corrected chi connectivity index (χ1v) is 8.64. The van der Waals surface area contributed by atoms with E-state index in [0.717, 1.165) is 21.9 Å². The molecular formula is C22H17N3O2. The van der Waals surface area contributed by atoms with Gasteiger partial charge in [0.25, 0.3) is 5.91 Å². The third-order valence-electron chi connectivity index (χ3n) is 5.03. The van der Waals surface area contributed by atoms with Crippen LogP contribution in [0.1, 0.15) is 23.6 Å². The predicted molar refractivity (Wildman–Crippen MR) is 102 cm³/mol. The Hall–Kier alpha value is -3.65. The second kappa shape index (κ2) is 6.26. The third-order valence-corrected chi connectivity index (χ3v) is 5.03. The standard InChI is InChI=1S/C22H17N3O2/c1-22(19-8-4-6-17-5-2-3-7-18(17)19)20(26)25(21(27)24-22)14-16-11-9-15(13-23)10-12-16/h2-12H,14H2,1H3,(H,24,27)/t22-/m1/s1. The van der Waals surface area contributed by atoms with Gasteiger partial charge in [-0.2, -0.15) is 5.26 Å². The largest absolute Gasteiger partial charge is 0.325 e. The van der Waals surface area contributed by atoms with Gasteiger partial charge in [0, 0.05) is 0 Å². The zero-order chi connectivity index (χ0) is 19.0. The van der Waals surface area contributed by atoms with Gasteiger partial charge in [-0.3, -0.25) is 9.69 Å². The lowest BCUT2D eigenvalue weighted by molar-refractivity contribution is -0.131. The molecule has 27 heavy (non-hydrogen) atoms. The van der Waals surface area contributed by atoms with Crippen molar-refractivity contribution in [1.82, 2.24) is 10.2 Å². The highest BCUT2D eigenvalue weighted by molar-refractivity contribution is 6.09. The number of hydrogen-bond acceptors (Lipinski definition) is 3. The monoisotopic (exact) mass is 355 g/mol. The normalized spacial score (nSPS) is 19.2. The van der Waals surface area contributed by atoms with E-state index >= 15 is 0 Å². The fraction of sp³-hybridized carbons (Fsp3) is 0.136. The van der Waals surface area contributed by atoms with Gasteiger partial charge in [-0.25, -0.2) is 4.79 Å². The van der Waals surface area contributed by atoms with Crippen LogP contribution in [-0.4, -0.2) is 16.8 Å². The zero-order valence-corrected chi connectivity index (χ0v) is 14.8. The smallest absolute Gasteiger partial charge is 0.319 e. The summed E-state index contributed by atoms with van der Waals surface area (Å²) in [6.45, 7) is 1.91. The van der Waals surface area contributed by atoms with E-state index in [0.29, 0.717) is 5.56 Å². The van der Waals surface area contributed by atoms with Gasteiger partial charge in [-0.15, -0.1) is 0 Å². The Morgan fingerprint density at radius 2 is 1.70 bits per heavy atom. The highest BCUT2D eigenvalue weighted by Gasteiger charge is 2.49. The Balaban J connectivity index is 1.70. The van der Waals surface area contributed by atoms with Crippen LogP contribution in [0.3, 0.4) is 0 Å². The van der Waals surface area contributed by atoms with E-state index < -0.39 is 11.6 Å². The molecule has 0 radical (unpaired) electrons. The zero-order valence-electron chi connectivity index (χ0n) is 14.8. The Labute approximate surface area is 156 Å². The van der Waals surface area contributed by atoms with Crippen LogP contribution < -0.4 is 5.32 Å². The molecule has 1 saturated heterocycles. The highest BCUT2D eigenvalue weighted by atomic mass is 16.2. The minimum absolute atomic E-state index is 0.163. The maximum absolute atomic E-state index is 13.2. The van der Waals surface area contributed by atoms with Crippen molar-refractivity contribution in [1.29, 1.82) is 5.26 Å². The van der Waals surface area contributed by atoms with Gasteiger partial charge in [0.1, 0.15) is 5.54 Å². The number of amides is 3. The number of rotatable bonds is 3. The van der Waals surface area contributed by atoms with Gasteiger partial charge in [-0.1, -0.05) is 54.6 Å². The molecule has 5 heteroatoms. The molecule has 0 spiro atoms. The number of benzene rings is 3. The summed E-state index contributed by atoms with van der Waals surface area (Å²) in [5.41, 5.74) is 0.988. The van der Waals surface area contributed by atoms with E-state index in [2.05, 4.69) is 11.4 Å². The number of nitrogens with one attached hydrogen (secondary N) is 1. The number of hydrogen-bond donors (Lipinski definition) is 1. The molecular weight excluding hydrogens is 338 g/mol. The molecule has 1 fully saturated rings. The highest BCUT2D eigenvalue weighted by Crippen LogP contribution is 2.34. The van der Waals surface area contributed by atoms with Crippen molar-refractivity contribution >= 4 is 22.7 Å². The first-order valence-electron chi connectivity index (χ1n) is 8.64. The number of imide groups is 1. The molecule has 0 saturated carbocycles. The molecule has 1 N–H and O–H groups in total. The molecule has 0 aromatic heterocycles. The van der Waals surface area contributed by atoms with Crippen LogP contribution in [0.2, 0.25) is 0 Å². The van der Waals surface area contributed by atoms with Crippen molar-refractivity contribution in [2.45, 2.75) is 19.0 Å². The Bertz CT molecular complexity index is 1090. The summed E-state index contributed by atoms with van der Waals surface area (Å²) in [7, 11) is 0. The van der Waals surface area contributed by atoms with Crippen molar-refractivity contribution in [3.63, 3.8) is 0 Å². The average Bonchev–Trinajstić information content (AvgIpc) is 2.92. The maximum atomic E-state index is 13.2. The van der Waals surface area contributed by atoms with Crippen LogP contribution in [-0.2, 0) is 16.9 Å². The Morgan fingerprint density at radius 1 is 1.00 bits per heavy atom. The van der Waals surface area contributed by atoms with Crippen LogP contribution in [0.4, 0.5) is 4.79 Å². The summed E-state index contributed by atoms with van der Waals surface area (Å²) in [4.78, 5) is 27.0. The first-order chi connectivity index (χ1) is 13.0. The topological polar surface area (TPSA) is 73.2 Å². The molecule has 3 aromatic carbocycles. The van der Waals surface area contributed by atoms with Gasteiger partial charge in [0.05, 0.1) is 18.2 Å². The average molecular weight is 355 g/mol. The van der Waals surface area contributed by atoms with E-state index in [1.807, 2.05) is 42.5 Å². The van der Waals surface area contributed by atoms with Gasteiger partial charge >= 0.3 is 6.03 Å². The molecule has 0 bridgehead atoms. The van der Waals surface area contributed by atoms with Crippen LogP contribution in [0, 0.1) is 11.3 Å². The maximum Gasteiger partial charge on any atom is 0.325 e. The first kappa shape index (κ1) is 16.8. The molecule has 0 unspecified atom stereocenters. The molecule has 3 amide bonds. The van der Waals surface area contributed by atoms with Crippen molar-refractivity contribution in [3.05, 3.63) is 83.4 Å². The lowest BCUT2D eigenvalue weighted by Crippen LogP contribution is -2.41. The second-order valence-corrected chi connectivity index (χ2v) is 6.78. The molecule has 1 aliphatic rings. The van der Waals surface area contributed by atoms with Crippen LogP contribution in [0.25, 0.3) is 10.8 Å². The molecule has 0 aliphatic carbocycles. The van der Waals surface area contributed by atoms with E-state index in [1.165, 1.54) is 4.90 Å². The lowest BCUT2D eigenvalue weighted by Gasteiger charge is -2.24. The van der Waals surface area contributed by atoms with Gasteiger partial charge < -0.3 is 5.32 Å². The van der Waals surface area contributed by atoms with Crippen molar-refractivity contribution in [3.8, 4) is 6.07 Å². The quantitative estimate of drug-likeness (QED) is 0.729. The summed E-state index contributed by atoms with van der Waals surface area (Å²) in [6, 6.07) is 22.1. The van der Waals surface area contributed by atoms with Gasteiger partial charge in [-0.05, 0) is 41.0 Å². The SMILES string of the molecule is C[C@]1(c2cccc3ccccc23)NC(=O)N(Cc2ccc(C#N)cc2)C1=O. The molecule has 1 heterocycles. The summed E-state index contributed by atoms with van der Waals surface area (Å²) in [5.74, 6) is -0.284. The van der Waals surface area contributed by atoms with Crippen LogP contribution in [0.5, 0.6) is 0 Å². The summed E-state index contributed by atoms with van der Waals surface area (Å²) >= 11 is 0. The Morgan fingerprint density at radius 3 is 2.44 bits per heavy atom. The summed E-state index contributed by atoms with van der Waals surface area (Å²) in [5, 5.41) is 13.7. The van der Waals surface area contributed by atoms with Crippen LogP contribution >= 0.6 is 0 Å². The lowest BCUT2D eigenvalue weighted by atomic mass is 9.88. The molecule has 5 nitrogen and oxygen atoms in total. The second-order valence-electron chi connectivity index (χ2n) is 6.78. The van der Waals surface area contributed by atoms with Gasteiger partial charge in [0.2, 0.25) is 0 Å². The minimum Gasteiger partial charge on any atom is -0.319 e. The molecule has 132 valence electrons. The number of fused-ring (bicyclic) bond motifs is 1. The summed E-state index contributed by atoms with van der Waals surface area (Å²) < 4.78 is 0. The van der Waals surface area contributed by atoms with E-state index in [9.17, 15) is 9.59 Å². The predicted octanol–water partition coefficient (Wildman–Crippen LogP) is 3.68. The molecule has 3 aromatic rings. The van der Waals surface area contributed by atoms with Crippen molar-refractivity contribution < 1.29 is 9.59 Å². The third kappa shape index (κ3) is 2.72. The van der Waals surface area contributed by atoms with E-state index in [1.54, 1.807) is 31.2 Å². The fourth-order valence-corrected chi connectivity index (χ4v) is 3.55. The van der Waals surface area contributed by atoms with Crippen molar-refractivity contribution in [2.75, 3.05) is 0 Å². The van der Waals surface area contributed by atoms with Crippen molar-refractivity contribution in [2.24, 2.45) is 0 Å². The number of urea groups is 1. The number of carbonyl (C=O) groups is 2.